The van der Waals surface area contributed by atoms with Gasteiger partial charge in [-0.15, -0.1) is 0 Å². The van der Waals surface area contributed by atoms with E-state index in [1.807, 2.05) is 52.0 Å². The van der Waals surface area contributed by atoms with E-state index in [1.165, 1.54) is 17.0 Å². The standard InChI is InChI=1S/C29H34BrN3O4S/c1-20(2)31-29(35)23(5)32(18-24-10-6-21(3)7-11-24)28(34)19-33(26-14-12-25(30)13-15-26)38(36,37)27-16-8-22(4)9-17-27/h6-17,20,23H,18-19H2,1-5H3,(H,31,35)/t23-/m0/s1. The van der Waals surface area contributed by atoms with E-state index in [4.69, 9.17) is 0 Å². The van der Waals surface area contributed by atoms with Gasteiger partial charge < -0.3 is 10.2 Å². The molecule has 0 heterocycles. The number of rotatable bonds is 10. The van der Waals surface area contributed by atoms with Crippen LogP contribution in [0.1, 0.15) is 37.5 Å². The first-order valence-corrected chi connectivity index (χ1v) is 14.6. The van der Waals surface area contributed by atoms with E-state index in [1.54, 1.807) is 43.3 Å². The van der Waals surface area contributed by atoms with E-state index in [0.29, 0.717) is 5.69 Å². The second-order valence-corrected chi connectivity index (χ2v) is 12.4. The van der Waals surface area contributed by atoms with Gasteiger partial charge in [-0.3, -0.25) is 13.9 Å². The van der Waals surface area contributed by atoms with Crippen molar-refractivity contribution in [3.63, 3.8) is 0 Å². The lowest BCUT2D eigenvalue weighted by molar-refractivity contribution is -0.139. The predicted octanol–water partition coefficient (Wildman–Crippen LogP) is 5.20. The molecule has 0 aliphatic rings. The molecule has 7 nitrogen and oxygen atoms in total. The molecule has 0 aromatic heterocycles. The molecule has 0 unspecified atom stereocenters. The van der Waals surface area contributed by atoms with Crippen LogP contribution in [0.2, 0.25) is 0 Å². The van der Waals surface area contributed by atoms with Crippen molar-refractivity contribution in [2.24, 2.45) is 0 Å². The lowest BCUT2D eigenvalue weighted by Crippen LogP contribution is -2.52. The molecule has 3 aromatic carbocycles. The van der Waals surface area contributed by atoms with Crippen LogP contribution in [0.15, 0.2) is 82.2 Å². The van der Waals surface area contributed by atoms with Crippen molar-refractivity contribution in [1.82, 2.24) is 10.2 Å². The number of aryl methyl sites for hydroxylation is 2. The minimum Gasteiger partial charge on any atom is -0.352 e. The third kappa shape index (κ3) is 7.45. The minimum atomic E-state index is -4.09. The van der Waals surface area contributed by atoms with Gasteiger partial charge in [0.2, 0.25) is 11.8 Å². The molecule has 0 saturated heterocycles. The number of benzene rings is 3. The van der Waals surface area contributed by atoms with Gasteiger partial charge in [0.05, 0.1) is 10.6 Å². The Morgan fingerprint density at radius 2 is 1.37 bits per heavy atom. The topological polar surface area (TPSA) is 86.8 Å². The molecular weight excluding hydrogens is 566 g/mol. The van der Waals surface area contributed by atoms with Crippen LogP contribution in [-0.2, 0) is 26.2 Å². The molecule has 0 bridgehead atoms. The van der Waals surface area contributed by atoms with E-state index in [0.717, 1.165) is 25.5 Å². The molecule has 0 aliphatic heterocycles. The number of nitrogens with one attached hydrogen (secondary N) is 1. The molecule has 9 heteroatoms. The summed E-state index contributed by atoms with van der Waals surface area (Å²) in [7, 11) is -4.09. The van der Waals surface area contributed by atoms with Gasteiger partial charge in [0, 0.05) is 17.1 Å². The largest absolute Gasteiger partial charge is 0.352 e. The van der Waals surface area contributed by atoms with Gasteiger partial charge in [-0.2, -0.15) is 0 Å². The number of hydrogen-bond acceptors (Lipinski definition) is 4. The maximum absolute atomic E-state index is 13.9. The molecule has 0 aliphatic carbocycles. The fourth-order valence-electron chi connectivity index (χ4n) is 3.85. The number of nitrogens with zero attached hydrogens (tertiary/aromatic N) is 2. The van der Waals surface area contributed by atoms with Gasteiger partial charge in [-0.1, -0.05) is 63.5 Å². The highest BCUT2D eigenvalue weighted by Gasteiger charge is 2.32. The Hall–Kier alpha value is -3.17. The summed E-state index contributed by atoms with van der Waals surface area (Å²) in [5, 5.41) is 2.86. The van der Waals surface area contributed by atoms with Crippen LogP contribution in [0, 0.1) is 13.8 Å². The summed E-state index contributed by atoms with van der Waals surface area (Å²) in [6.45, 7) is 8.88. The number of halogens is 1. The lowest BCUT2D eigenvalue weighted by Gasteiger charge is -2.32. The van der Waals surface area contributed by atoms with E-state index in [9.17, 15) is 18.0 Å². The van der Waals surface area contributed by atoms with E-state index in [2.05, 4.69) is 21.2 Å². The first kappa shape index (κ1) is 29.4. The Morgan fingerprint density at radius 1 is 0.842 bits per heavy atom. The first-order valence-electron chi connectivity index (χ1n) is 12.4. The van der Waals surface area contributed by atoms with Crippen molar-refractivity contribution in [1.29, 1.82) is 0 Å². The number of sulfonamides is 1. The Labute approximate surface area is 234 Å². The summed E-state index contributed by atoms with van der Waals surface area (Å²) in [6, 6.07) is 20.0. The first-order chi connectivity index (χ1) is 17.9. The van der Waals surface area contributed by atoms with Crippen LogP contribution in [0.25, 0.3) is 0 Å². The van der Waals surface area contributed by atoms with Crippen molar-refractivity contribution in [2.45, 2.75) is 58.1 Å². The van der Waals surface area contributed by atoms with Crippen LogP contribution >= 0.6 is 15.9 Å². The van der Waals surface area contributed by atoms with Gasteiger partial charge in [0.15, 0.2) is 0 Å². The second kappa shape index (κ2) is 12.6. The number of anilines is 1. The van der Waals surface area contributed by atoms with Gasteiger partial charge in [-0.25, -0.2) is 8.42 Å². The summed E-state index contributed by atoms with van der Waals surface area (Å²) < 4.78 is 29.5. The van der Waals surface area contributed by atoms with Crippen LogP contribution in [-0.4, -0.2) is 43.8 Å². The highest BCUT2D eigenvalue weighted by Crippen LogP contribution is 2.26. The van der Waals surface area contributed by atoms with E-state index in [-0.39, 0.29) is 23.4 Å². The Balaban J connectivity index is 2.02. The molecule has 38 heavy (non-hydrogen) atoms. The maximum atomic E-state index is 13.9. The summed E-state index contributed by atoms with van der Waals surface area (Å²) in [5.74, 6) is -0.798. The van der Waals surface area contributed by atoms with Crippen LogP contribution < -0.4 is 9.62 Å². The summed E-state index contributed by atoms with van der Waals surface area (Å²) in [5.41, 5.74) is 3.17. The molecule has 1 atom stereocenters. The monoisotopic (exact) mass is 599 g/mol. The number of carbonyl (C=O) groups is 2. The smallest absolute Gasteiger partial charge is 0.264 e. The molecular formula is C29H34BrN3O4S. The molecule has 2 amide bonds. The van der Waals surface area contributed by atoms with Gasteiger partial charge >= 0.3 is 0 Å². The highest BCUT2D eigenvalue weighted by molar-refractivity contribution is 9.10. The zero-order valence-corrected chi connectivity index (χ0v) is 24.7. The molecule has 3 rings (SSSR count). The van der Waals surface area contributed by atoms with Crippen molar-refractivity contribution in [3.05, 3.63) is 94.0 Å². The number of hydrogen-bond donors (Lipinski definition) is 1. The molecule has 0 saturated carbocycles. The Morgan fingerprint density at radius 3 is 1.89 bits per heavy atom. The summed E-state index contributed by atoms with van der Waals surface area (Å²) in [6.07, 6.45) is 0. The van der Waals surface area contributed by atoms with Gasteiger partial charge in [0.25, 0.3) is 10.0 Å². The second-order valence-electron chi connectivity index (χ2n) is 9.65. The summed E-state index contributed by atoms with van der Waals surface area (Å²) >= 11 is 3.38. The average molecular weight is 601 g/mol. The quantitative estimate of drug-likeness (QED) is 0.347. The summed E-state index contributed by atoms with van der Waals surface area (Å²) in [4.78, 5) is 28.3. The van der Waals surface area contributed by atoms with Crippen molar-refractivity contribution in [2.75, 3.05) is 10.8 Å². The van der Waals surface area contributed by atoms with Gasteiger partial charge in [-0.05, 0) is 76.6 Å². The van der Waals surface area contributed by atoms with E-state index < -0.39 is 28.5 Å². The predicted molar refractivity (Wildman–Crippen MR) is 154 cm³/mol. The zero-order valence-electron chi connectivity index (χ0n) is 22.3. The lowest BCUT2D eigenvalue weighted by atomic mass is 10.1. The fourth-order valence-corrected chi connectivity index (χ4v) is 5.53. The SMILES string of the molecule is Cc1ccc(CN(C(=O)CN(c2ccc(Br)cc2)S(=O)(=O)c2ccc(C)cc2)[C@@H](C)C(=O)NC(C)C)cc1. The molecule has 1 N–H and O–H groups in total. The fraction of sp³-hybridized carbons (Fsp3) is 0.310. The molecule has 3 aromatic rings. The minimum absolute atomic E-state index is 0.0782. The highest BCUT2D eigenvalue weighted by atomic mass is 79.9. The molecule has 202 valence electrons. The third-order valence-corrected chi connectivity index (χ3v) is 8.39. The van der Waals surface area contributed by atoms with E-state index >= 15 is 0 Å². The Bertz CT molecular complexity index is 1360. The number of amides is 2. The Kier molecular flexibility index (Phi) is 9.73. The number of carbonyl (C=O) groups excluding carboxylic acids is 2. The van der Waals surface area contributed by atoms with Crippen molar-refractivity contribution in [3.8, 4) is 0 Å². The third-order valence-electron chi connectivity index (χ3n) is 6.07. The van der Waals surface area contributed by atoms with Gasteiger partial charge in [0.1, 0.15) is 12.6 Å². The average Bonchev–Trinajstić information content (AvgIpc) is 2.87. The molecule has 0 spiro atoms. The molecule has 0 radical (unpaired) electrons. The van der Waals surface area contributed by atoms with Crippen LogP contribution in [0.3, 0.4) is 0 Å². The van der Waals surface area contributed by atoms with Crippen LogP contribution in [0.5, 0.6) is 0 Å². The zero-order chi connectivity index (χ0) is 28.0. The van der Waals surface area contributed by atoms with Crippen LogP contribution in [0.4, 0.5) is 5.69 Å². The maximum Gasteiger partial charge on any atom is 0.264 e. The molecule has 0 fully saturated rings. The van der Waals surface area contributed by atoms with Crippen molar-refractivity contribution >= 4 is 43.5 Å². The normalized spacial score (nSPS) is 12.2. The van der Waals surface area contributed by atoms with Crippen molar-refractivity contribution < 1.29 is 18.0 Å².